The Morgan fingerprint density at radius 1 is 1.08 bits per heavy atom. The minimum Gasteiger partial charge on any atom is -0.336 e. The molecule has 3 rings (SSSR count). The zero-order valence-electron chi connectivity index (χ0n) is 14.3. The molecule has 0 N–H and O–H groups in total. The Bertz CT molecular complexity index is 783. The van der Waals surface area contributed by atoms with E-state index in [9.17, 15) is 4.79 Å². The lowest BCUT2D eigenvalue weighted by atomic mass is 10.0. The van der Waals surface area contributed by atoms with Crippen LogP contribution in [0.15, 0.2) is 36.4 Å². The molecule has 0 atom stereocenters. The van der Waals surface area contributed by atoms with E-state index in [4.69, 9.17) is 5.26 Å². The summed E-state index contributed by atoms with van der Waals surface area (Å²) >= 11 is 0. The minimum absolute atomic E-state index is 0.112. The lowest BCUT2D eigenvalue weighted by molar-refractivity contribution is 0.0595. The molecule has 0 bridgehead atoms. The normalized spacial score (nSPS) is 15.7. The molecular formula is C20H23N3O. The number of hydrogen-bond acceptors (Lipinski definition) is 3. The summed E-state index contributed by atoms with van der Waals surface area (Å²) in [7, 11) is 0. The Balaban J connectivity index is 1.76. The van der Waals surface area contributed by atoms with Gasteiger partial charge in [0.15, 0.2) is 0 Å². The van der Waals surface area contributed by atoms with Crippen LogP contribution in [0.3, 0.4) is 0 Å². The van der Waals surface area contributed by atoms with Crippen LogP contribution in [-0.2, 0) is 6.42 Å². The molecule has 4 nitrogen and oxygen atoms in total. The molecule has 1 saturated heterocycles. The highest BCUT2D eigenvalue weighted by atomic mass is 16.2. The average Bonchev–Trinajstić information content (AvgIpc) is 2.61. The summed E-state index contributed by atoms with van der Waals surface area (Å²) in [5, 5.41) is 10.9. The van der Waals surface area contributed by atoms with Crippen molar-refractivity contribution in [3.05, 3.63) is 47.5 Å². The number of hydrogen-bond donors (Lipinski definition) is 0. The third kappa shape index (κ3) is 3.42. The molecule has 1 aliphatic rings. The lowest BCUT2D eigenvalue weighted by Gasteiger charge is -2.37. The summed E-state index contributed by atoms with van der Waals surface area (Å²) in [5.41, 5.74) is 1.75. The summed E-state index contributed by atoms with van der Waals surface area (Å²) in [6.45, 7) is 7.85. The molecule has 0 unspecified atom stereocenters. The molecule has 4 heteroatoms. The van der Waals surface area contributed by atoms with E-state index in [-0.39, 0.29) is 5.91 Å². The number of piperazine rings is 1. The zero-order valence-corrected chi connectivity index (χ0v) is 14.3. The maximum absolute atomic E-state index is 12.8. The SMILES string of the molecule is CC(C)N1CCN(C(=O)c2ccc3cc(CC#N)ccc3c2)CC1. The summed E-state index contributed by atoms with van der Waals surface area (Å²) in [6, 6.07) is 14.5. The molecule has 2 aromatic rings. The van der Waals surface area contributed by atoms with Crippen LogP contribution in [0.2, 0.25) is 0 Å². The van der Waals surface area contributed by atoms with Crippen LogP contribution in [0.1, 0.15) is 29.8 Å². The molecule has 0 aliphatic carbocycles. The summed E-state index contributed by atoms with van der Waals surface area (Å²) in [5.74, 6) is 0.112. The van der Waals surface area contributed by atoms with Crippen molar-refractivity contribution in [3.8, 4) is 6.07 Å². The lowest BCUT2D eigenvalue weighted by Crippen LogP contribution is -2.50. The molecule has 0 saturated carbocycles. The van der Waals surface area contributed by atoms with E-state index in [1.165, 1.54) is 0 Å². The predicted octanol–water partition coefficient (Wildman–Crippen LogP) is 3.07. The van der Waals surface area contributed by atoms with Crippen molar-refractivity contribution in [3.63, 3.8) is 0 Å². The Morgan fingerprint density at radius 2 is 1.75 bits per heavy atom. The molecule has 124 valence electrons. The van der Waals surface area contributed by atoms with Crippen LogP contribution in [0.4, 0.5) is 0 Å². The van der Waals surface area contributed by atoms with Crippen LogP contribution in [0, 0.1) is 11.3 Å². The Morgan fingerprint density at radius 3 is 2.42 bits per heavy atom. The molecular weight excluding hydrogens is 298 g/mol. The number of nitriles is 1. The van der Waals surface area contributed by atoms with Gasteiger partial charge in [-0.15, -0.1) is 0 Å². The molecule has 1 aliphatic heterocycles. The molecule has 0 aromatic heterocycles. The van der Waals surface area contributed by atoms with Gasteiger partial charge in [0.1, 0.15) is 0 Å². The van der Waals surface area contributed by atoms with E-state index in [1.807, 2.05) is 41.3 Å². The largest absolute Gasteiger partial charge is 0.336 e. The quantitative estimate of drug-likeness (QED) is 0.873. The van der Waals surface area contributed by atoms with Crippen molar-refractivity contribution in [2.45, 2.75) is 26.3 Å². The molecule has 24 heavy (non-hydrogen) atoms. The second kappa shape index (κ2) is 7.02. The Kier molecular flexibility index (Phi) is 4.82. The van der Waals surface area contributed by atoms with E-state index >= 15 is 0 Å². The van der Waals surface area contributed by atoms with Crippen molar-refractivity contribution < 1.29 is 4.79 Å². The third-order valence-corrected chi connectivity index (χ3v) is 4.77. The van der Waals surface area contributed by atoms with Crippen molar-refractivity contribution in [1.82, 2.24) is 9.80 Å². The molecule has 2 aromatic carbocycles. The number of amides is 1. The highest BCUT2D eigenvalue weighted by molar-refractivity contribution is 5.98. The summed E-state index contributed by atoms with van der Waals surface area (Å²) in [4.78, 5) is 17.1. The second-order valence-electron chi connectivity index (χ2n) is 6.65. The summed E-state index contributed by atoms with van der Waals surface area (Å²) in [6.07, 6.45) is 0.413. The van der Waals surface area contributed by atoms with Crippen molar-refractivity contribution >= 4 is 16.7 Å². The van der Waals surface area contributed by atoms with Crippen LogP contribution < -0.4 is 0 Å². The first-order valence-electron chi connectivity index (χ1n) is 8.51. The van der Waals surface area contributed by atoms with Gasteiger partial charge in [0.2, 0.25) is 0 Å². The van der Waals surface area contributed by atoms with Crippen LogP contribution in [0.25, 0.3) is 10.8 Å². The Labute approximate surface area is 143 Å². The number of carbonyl (C=O) groups is 1. The fraction of sp³-hybridized carbons (Fsp3) is 0.400. The van der Waals surface area contributed by atoms with Crippen LogP contribution >= 0.6 is 0 Å². The van der Waals surface area contributed by atoms with E-state index < -0.39 is 0 Å². The van der Waals surface area contributed by atoms with Gasteiger partial charge in [-0.05, 0) is 42.3 Å². The number of carbonyl (C=O) groups excluding carboxylic acids is 1. The average molecular weight is 321 g/mol. The molecule has 1 amide bonds. The van der Waals surface area contributed by atoms with Gasteiger partial charge in [-0.3, -0.25) is 9.69 Å². The first-order valence-corrected chi connectivity index (χ1v) is 8.51. The van der Waals surface area contributed by atoms with Gasteiger partial charge >= 0.3 is 0 Å². The fourth-order valence-corrected chi connectivity index (χ4v) is 3.25. The van der Waals surface area contributed by atoms with Gasteiger partial charge < -0.3 is 4.90 Å². The van der Waals surface area contributed by atoms with Gasteiger partial charge in [-0.1, -0.05) is 24.3 Å². The maximum atomic E-state index is 12.8. The monoisotopic (exact) mass is 321 g/mol. The van der Waals surface area contributed by atoms with Gasteiger partial charge in [-0.2, -0.15) is 5.26 Å². The van der Waals surface area contributed by atoms with Gasteiger partial charge in [-0.25, -0.2) is 0 Å². The van der Waals surface area contributed by atoms with E-state index in [0.29, 0.717) is 12.5 Å². The van der Waals surface area contributed by atoms with E-state index in [1.54, 1.807) is 0 Å². The number of fused-ring (bicyclic) bond motifs is 1. The molecule has 0 radical (unpaired) electrons. The van der Waals surface area contributed by atoms with Crippen molar-refractivity contribution in [1.29, 1.82) is 5.26 Å². The van der Waals surface area contributed by atoms with Gasteiger partial charge in [0.05, 0.1) is 12.5 Å². The predicted molar refractivity (Wildman–Crippen MR) is 95.9 cm³/mol. The number of benzene rings is 2. The highest BCUT2D eigenvalue weighted by Crippen LogP contribution is 2.20. The molecule has 0 spiro atoms. The highest BCUT2D eigenvalue weighted by Gasteiger charge is 2.23. The third-order valence-electron chi connectivity index (χ3n) is 4.77. The van der Waals surface area contributed by atoms with Crippen LogP contribution in [-0.4, -0.2) is 47.9 Å². The van der Waals surface area contributed by atoms with Crippen molar-refractivity contribution in [2.24, 2.45) is 0 Å². The van der Waals surface area contributed by atoms with Crippen molar-refractivity contribution in [2.75, 3.05) is 26.2 Å². The zero-order chi connectivity index (χ0) is 17.1. The first-order chi connectivity index (χ1) is 11.6. The minimum atomic E-state index is 0.112. The second-order valence-corrected chi connectivity index (χ2v) is 6.65. The number of nitrogens with zero attached hydrogens (tertiary/aromatic N) is 3. The smallest absolute Gasteiger partial charge is 0.253 e. The van der Waals surface area contributed by atoms with Gasteiger partial charge in [0.25, 0.3) is 5.91 Å². The summed E-state index contributed by atoms with van der Waals surface area (Å²) < 4.78 is 0. The van der Waals surface area contributed by atoms with Crippen LogP contribution in [0.5, 0.6) is 0 Å². The molecule has 1 heterocycles. The first kappa shape index (κ1) is 16.5. The number of rotatable bonds is 3. The molecule has 1 fully saturated rings. The van der Waals surface area contributed by atoms with E-state index in [0.717, 1.165) is 48.1 Å². The fourth-order valence-electron chi connectivity index (χ4n) is 3.25. The standard InChI is InChI=1S/C20H23N3O/c1-15(2)22-9-11-23(12-10-22)20(24)19-6-5-17-13-16(7-8-21)3-4-18(17)14-19/h3-6,13-15H,7,9-12H2,1-2H3. The maximum Gasteiger partial charge on any atom is 0.253 e. The van der Waals surface area contributed by atoms with Gasteiger partial charge in [0, 0.05) is 37.8 Å². The Hall–Kier alpha value is -2.38. The van der Waals surface area contributed by atoms with E-state index in [2.05, 4.69) is 24.8 Å². The topological polar surface area (TPSA) is 47.3 Å².